The van der Waals surface area contributed by atoms with Crippen LogP contribution in [0.25, 0.3) is 0 Å². The second kappa shape index (κ2) is 5.13. The van der Waals surface area contributed by atoms with E-state index in [0.29, 0.717) is 11.5 Å². The van der Waals surface area contributed by atoms with Crippen molar-refractivity contribution in [1.29, 1.82) is 0 Å². The van der Waals surface area contributed by atoms with Crippen LogP contribution in [0, 0.1) is 0 Å². The van der Waals surface area contributed by atoms with Crippen LogP contribution >= 0.6 is 0 Å². The molecule has 2 rings (SSSR count). The molecule has 2 atom stereocenters. The molecule has 0 saturated heterocycles. The number of hydrogen-bond donors (Lipinski definition) is 2. The summed E-state index contributed by atoms with van der Waals surface area (Å²) in [5.41, 5.74) is 2.21. The van der Waals surface area contributed by atoms with Crippen LogP contribution in [-0.4, -0.2) is 10.2 Å². The van der Waals surface area contributed by atoms with Gasteiger partial charge in [0.05, 0.1) is 0 Å². The first-order chi connectivity index (χ1) is 8.58. The maximum Gasteiger partial charge on any atom is 0.115 e. The van der Waals surface area contributed by atoms with E-state index in [4.69, 9.17) is 0 Å². The smallest absolute Gasteiger partial charge is 0.115 e. The molecule has 0 bridgehead atoms. The summed E-state index contributed by atoms with van der Waals surface area (Å²) >= 11 is 0. The van der Waals surface area contributed by atoms with Crippen LogP contribution in [0.4, 0.5) is 0 Å². The SMILES string of the molecule is C[C@H](c1cccc(O)c1)[C@@H](C)c1cccc(O)c1. The molecule has 0 aliphatic carbocycles. The van der Waals surface area contributed by atoms with Crippen molar-refractivity contribution >= 4 is 0 Å². The first-order valence-corrected chi connectivity index (χ1v) is 6.16. The molecule has 0 spiro atoms. The van der Waals surface area contributed by atoms with Crippen LogP contribution in [0.5, 0.6) is 11.5 Å². The molecule has 0 saturated carbocycles. The number of phenols is 2. The molecule has 0 aliphatic heterocycles. The second-order valence-corrected chi connectivity index (χ2v) is 4.77. The molecule has 94 valence electrons. The van der Waals surface area contributed by atoms with Crippen molar-refractivity contribution in [1.82, 2.24) is 0 Å². The Hall–Kier alpha value is -1.96. The quantitative estimate of drug-likeness (QED) is 0.853. The summed E-state index contributed by atoms with van der Waals surface area (Å²) in [6.45, 7) is 4.26. The van der Waals surface area contributed by atoms with Gasteiger partial charge in [0.25, 0.3) is 0 Å². The lowest BCUT2D eigenvalue weighted by Gasteiger charge is -2.21. The number of hydrogen-bond acceptors (Lipinski definition) is 2. The van der Waals surface area contributed by atoms with Crippen molar-refractivity contribution in [2.75, 3.05) is 0 Å². The van der Waals surface area contributed by atoms with E-state index in [1.165, 1.54) is 0 Å². The van der Waals surface area contributed by atoms with Crippen LogP contribution in [0.2, 0.25) is 0 Å². The minimum absolute atomic E-state index is 0.277. The van der Waals surface area contributed by atoms with Gasteiger partial charge in [-0.2, -0.15) is 0 Å². The lowest BCUT2D eigenvalue weighted by molar-refractivity contribution is 0.470. The van der Waals surface area contributed by atoms with Gasteiger partial charge in [-0.05, 0) is 47.2 Å². The third-order valence-electron chi connectivity index (χ3n) is 3.54. The van der Waals surface area contributed by atoms with Crippen molar-refractivity contribution in [3.63, 3.8) is 0 Å². The van der Waals surface area contributed by atoms with E-state index in [-0.39, 0.29) is 11.8 Å². The Kier molecular flexibility index (Phi) is 3.56. The molecule has 0 aliphatic rings. The van der Waals surface area contributed by atoms with Crippen molar-refractivity contribution in [2.24, 2.45) is 0 Å². The van der Waals surface area contributed by atoms with Crippen molar-refractivity contribution in [3.8, 4) is 11.5 Å². The van der Waals surface area contributed by atoms with Crippen molar-refractivity contribution in [3.05, 3.63) is 59.7 Å². The standard InChI is InChI=1S/C16H18O2/c1-11(13-5-3-7-15(17)9-13)12(2)14-6-4-8-16(18)10-14/h3-12,17-18H,1-2H3/t11-,12+. The topological polar surface area (TPSA) is 40.5 Å². The van der Waals surface area contributed by atoms with E-state index in [1.807, 2.05) is 24.3 Å². The van der Waals surface area contributed by atoms with Crippen LogP contribution < -0.4 is 0 Å². The van der Waals surface area contributed by atoms with Crippen LogP contribution in [0.1, 0.15) is 36.8 Å². The van der Waals surface area contributed by atoms with Crippen molar-refractivity contribution < 1.29 is 10.2 Å². The molecule has 0 heterocycles. The molecular weight excluding hydrogens is 224 g/mol. The minimum Gasteiger partial charge on any atom is -0.508 e. The number of aromatic hydroxyl groups is 2. The fourth-order valence-electron chi connectivity index (χ4n) is 2.19. The van der Waals surface area contributed by atoms with Gasteiger partial charge in [0, 0.05) is 0 Å². The predicted molar refractivity (Wildman–Crippen MR) is 73.0 cm³/mol. The molecule has 2 heteroatoms. The van der Waals surface area contributed by atoms with E-state index in [1.54, 1.807) is 24.3 Å². The molecule has 2 aromatic carbocycles. The average molecular weight is 242 g/mol. The summed E-state index contributed by atoms with van der Waals surface area (Å²) in [6, 6.07) is 14.7. The van der Waals surface area contributed by atoms with Crippen LogP contribution in [0.15, 0.2) is 48.5 Å². The Morgan fingerprint density at radius 1 is 0.722 bits per heavy atom. The van der Waals surface area contributed by atoms with Gasteiger partial charge in [-0.25, -0.2) is 0 Å². The number of phenolic OH excluding ortho intramolecular Hbond substituents is 2. The van der Waals surface area contributed by atoms with Crippen LogP contribution in [-0.2, 0) is 0 Å². The molecule has 0 aromatic heterocycles. The van der Waals surface area contributed by atoms with Crippen LogP contribution in [0.3, 0.4) is 0 Å². The fraction of sp³-hybridized carbons (Fsp3) is 0.250. The highest BCUT2D eigenvalue weighted by Gasteiger charge is 2.16. The van der Waals surface area contributed by atoms with Gasteiger partial charge in [-0.3, -0.25) is 0 Å². The molecule has 2 N–H and O–H groups in total. The molecule has 0 radical (unpaired) electrons. The molecular formula is C16H18O2. The highest BCUT2D eigenvalue weighted by molar-refractivity contribution is 5.35. The molecule has 0 fully saturated rings. The number of rotatable bonds is 3. The average Bonchev–Trinajstić information content (AvgIpc) is 2.37. The van der Waals surface area contributed by atoms with Gasteiger partial charge >= 0.3 is 0 Å². The van der Waals surface area contributed by atoms with E-state index in [9.17, 15) is 10.2 Å². The Morgan fingerprint density at radius 2 is 1.11 bits per heavy atom. The monoisotopic (exact) mass is 242 g/mol. The zero-order valence-corrected chi connectivity index (χ0v) is 10.7. The summed E-state index contributed by atoms with van der Waals surface area (Å²) in [5, 5.41) is 19.0. The first kappa shape index (κ1) is 12.5. The van der Waals surface area contributed by atoms with Gasteiger partial charge in [-0.15, -0.1) is 0 Å². The van der Waals surface area contributed by atoms with E-state index in [0.717, 1.165) is 11.1 Å². The first-order valence-electron chi connectivity index (χ1n) is 6.16. The highest BCUT2D eigenvalue weighted by Crippen LogP contribution is 2.34. The molecule has 0 unspecified atom stereocenters. The Morgan fingerprint density at radius 3 is 1.44 bits per heavy atom. The summed E-state index contributed by atoms with van der Waals surface area (Å²) < 4.78 is 0. The summed E-state index contributed by atoms with van der Waals surface area (Å²) in [7, 11) is 0. The zero-order valence-electron chi connectivity index (χ0n) is 10.7. The Balaban J connectivity index is 2.26. The van der Waals surface area contributed by atoms with Gasteiger partial charge in [0.2, 0.25) is 0 Å². The highest BCUT2D eigenvalue weighted by atomic mass is 16.3. The van der Waals surface area contributed by atoms with E-state index >= 15 is 0 Å². The second-order valence-electron chi connectivity index (χ2n) is 4.77. The van der Waals surface area contributed by atoms with Gasteiger partial charge < -0.3 is 10.2 Å². The van der Waals surface area contributed by atoms with E-state index < -0.39 is 0 Å². The van der Waals surface area contributed by atoms with Gasteiger partial charge in [0.15, 0.2) is 0 Å². The summed E-state index contributed by atoms with van der Waals surface area (Å²) in [6.07, 6.45) is 0. The third-order valence-corrected chi connectivity index (χ3v) is 3.54. The molecule has 0 amide bonds. The maximum atomic E-state index is 9.52. The lowest BCUT2D eigenvalue weighted by Crippen LogP contribution is -2.04. The fourth-order valence-corrected chi connectivity index (χ4v) is 2.19. The Labute approximate surface area is 108 Å². The molecule has 2 nitrogen and oxygen atoms in total. The van der Waals surface area contributed by atoms with Gasteiger partial charge in [0.1, 0.15) is 11.5 Å². The largest absolute Gasteiger partial charge is 0.508 e. The predicted octanol–water partition coefficient (Wildman–Crippen LogP) is 4.01. The van der Waals surface area contributed by atoms with E-state index in [2.05, 4.69) is 13.8 Å². The normalized spacial score (nSPS) is 14.1. The summed E-state index contributed by atoms with van der Waals surface area (Å²) in [5.74, 6) is 1.14. The minimum atomic E-state index is 0.277. The lowest BCUT2D eigenvalue weighted by atomic mass is 9.84. The number of benzene rings is 2. The third kappa shape index (κ3) is 2.65. The summed E-state index contributed by atoms with van der Waals surface area (Å²) in [4.78, 5) is 0. The van der Waals surface area contributed by atoms with Gasteiger partial charge in [-0.1, -0.05) is 38.1 Å². The Bertz CT molecular complexity index is 485. The zero-order chi connectivity index (χ0) is 13.1. The maximum absolute atomic E-state index is 9.52. The molecule has 18 heavy (non-hydrogen) atoms. The van der Waals surface area contributed by atoms with Crippen molar-refractivity contribution in [2.45, 2.75) is 25.7 Å². The molecule has 2 aromatic rings.